The van der Waals surface area contributed by atoms with Crippen molar-refractivity contribution in [1.82, 2.24) is 15.8 Å². The van der Waals surface area contributed by atoms with Gasteiger partial charge in [-0.25, -0.2) is 4.99 Å². The predicted molar refractivity (Wildman–Crippen MR) is 107 cm³/mol. The van der Waals surface area contributed by atoms with E-state index >= 15 is 0 Å². The molecule has 0 spiro atoms. The minimum absolute atomic E-state index is 0. The number of hydrogen-bond donors (Lipinski definition) is 2. The normalized spacial score (nSPS) is 25.6. The van der Waals surface area contributed by atoms with Gasteiger partial charge in [0, 0.05) is 30.7 Å². The van der Waals surface area contributed by atoms with Gasteiger partial charge >= 0.3 is 0 Å². The number of aliphatic imine (C=N–C) groups is 1. The van der Waals surface area contributed by atoms with Gasteiger partial charge in [-0.3, -0.25) is 0 Å². The summed E-state index contributed by atoms with van der Waals surface area (Å²) in [6.45, 7) is 13.9. The van der Waals surface area contributed by atoms with Crippen molar-refractivity contribution in [1.29, 1.82) is 0 Å². The van der Waals surface area contributed by atoms with E-state index in [9.17, 15) is 0 Å². The molecule has 1 aliphatic rings. The number of nitrogens with one attached hydrogen (secondary N) is 2. The van der Waals surface area contributed by atoms with Gasteiger partial charge in [0.15, 0.2) is 5.96 Å². The van der Waals surface area contributed by atoms with E-state index in [1.807, 2.05) is 13.8 Å². The summed E-state index contributed by atoms with van der Waals surface area (Å²) in [4.78, 5) is 4.69. The molecule has 0 aliphatic heterocycles. The first-order chi connectivity index (χ1) is 10.7. The summed E-state index contributed by atoms with van der Waals surface area (Å²) in [6.07, 6.45) is 0.965. The van der Waals surface area contributed by atoms with Crippen LogP contribution in [0, 0.1) is 19.3 Å². The van der Waals surface area contributed by atoms with Gasteiger partial charge in [0.05, 0.1) is 17.8 Å². The molecule has 1 fully saturated rings. The minimum Gasteiger partial charge on any atom is -0.378 e. The van der Waals surface area contributed by atoms with E-state index < -0.39 is 0 Å². The van der Waals surface area contributed by atoms with Crippen molar-refractivity contribution >= 4 is 29.9 Å². The number of hydrogen-bond acceptors (Lipinski definition) is 4. The van der Waals surface area contributed by atoms with Gasteiger partial charge in [0.1, 0.15) is 5.76 Å². The molecule has 1 aromatic rings. The van der Waals surface area contributed by atoms with Crippen LogP contribution in [0.3, 0.4) is 0 Å². The van der Waals surface area contributed by atoms with E-state index in [2.05, 4.69) is 43.5 Å². The Morgan fingerprint density at radius 2 is 2.04 bits per heavy atom. The third-order valence-electron chi connectivity index (χ3n) is 5.51. The molecule has 1 aromatic heterocycles. The maximum atomic E-state index is 5.69. The maximum absolute atomic E-state index is 5.69. The summed E-state index contributed by atoms with van der Waals surface area (Å²) in [6, 6.07) is 0.329. The average molecular weight is 450 g/mol. The topological polar surface area (TPSA) is 71.7 Å². The van der Waals surface area contributed by atoms with Crippen LogP contribution in [0.5, 0.6) is 0 Å². The lowest BCUT2D eigenvalue weighted by Gasteiger charge is -2.59. The molecular weight excluding hydrogens is 419 g/mol. The van der Waals surface area contributed by atoms with Crippen molar-refractivity contribution < 1.29 is 9.26 Å². The van der Waals surface area contributed by atoms with E-state index in [-0.39, 0.29) is 35.0 Å². The zero-order chi connectivity index (χ0) is 17.3. The minimum atomic E-state index is -0.0936. The van der Waals surface area contributed by atoms with Crippen LogP contribution in [0.15, 0.2) is 9.52 Å². The average Bonchev–Trinajstić information content (AvgIpc) is 2.83. The van der Waals surface area contributed by atoms with Crippen molar-refractivity contribution in [2.45, 2.75) is 66.2 Å². The largest absolute Gasteiger partial charge is 0.378 e. The highest BCUT2D eigenvalue weighted by Crippen LogP contribution is 2.51. The Morgan fingerprint density at radius 1 is 1.38 bits per heavy atom. The van der Waals surface area contributed by atoms with Gasteiger partial charge in [-0.1, -0.05) is 19.0 Å². The Kier molecular flexibility index (Phi) is 7.10. The first kappa shape index (κ1) is 21.2. The molecule has 1 heterocycles. The molecule has 138 valence electrons. The van der Waals surface area contributed by atoms with Crippen molar-refractivity contribution in [3.8, 4) is 0 Å². The van der Waals surface area contributed by atoms with E-state index in [1.54, 1.807) is 7.11 Å². The highest BCUT2D eigenvalue weighted by molar-refractivity contribution is 14.0. The van der Waals surface area contributed by atoms with Crippen molar-refractivity contribution in [3.63, 3.8) is 0 Å². The summed E-state index contributed by atoms with van der Waals surface area (Å²) in [5.41, 5.74) is 1.90. The standard InChI is InChI=1S/C17H30N4O2.HI/c1-8-18-15(19-10-13-11(2)21-23-12(13)3)20-14-9-17(6,22-7)16(14,4)5;/h14H,8-10H2,1-7H3,(H2,18,19,20);1H. The molecule has 7 heteroatoms. The quantitative estimate of drug-likeness (QED) is 0.410. The molecule has 0 saturated heterocycles. The number of aromatic nitrogens is 1. The van der Waals surface area contributed by atoms with E-state index in [0.717, 1.165) is 35.9 Å². The molecule has 6 nitrogen and oxygen atoms in total. The monoisotopic (exact) mass is 450 g/mol. The number of halogens is 1. The third kappa shape index (κ3) is 3.87. The van der Waals surface area contributed by atoms with Gasteiger partial charge in [-0.05, 0) is 34.1 Å². The van der Waals surface area contributed by atoms with Gasteiger partial charge in [0.2, 0.25) is 0 Å². The predicted octanol–water partition coefficient (Wildman–Crippen LogP) is 3.17. The fourth-order valence-corrected chi connectivity index (χ4v) is 3.09. The highest BCUT2D eigenvalue weighted by Gasteiger charge is 2.58. The molecule has 2 rings (SSSR count). The fourth-order valence-electron chi connectivity index (χ4n) is 3.09. The molecular formula is C17H31IN4O2. The van der Waals surface area contributed by atoms with Crippen molar-refractivity contribution in [2.24, 2.45) is 10.4 Å². The number of ether oxygens (including phenoxy) is 1. The number of aryl methyl sites for hydroxylation is 2. The second-order valence-electron chi connectivity index (χ2n) is 7.06. The lowest BCUT2D eigenvalue weighted by molar-refractivity contribution is -0.176. The zero-order valence-corrected chi connectivity index (χ0v) is 18.1. The van der Waals surface area contributed by atoms with E-state index in [4.69, 9.17) is 14.3 Å². The van der Waals surface area contributed by atoms with Crippen LogP contribution < -0.4 is 10.6 Å². The Balaban J connectivity index is 0.00000288. The molecule has 0 bridgehead atoms. The Morgan fingerprint density at radius 3 is 2.50 bits per heavy atom. The number of nitrogens with zero attached hydrogens (tertiary/aromatic N) is 2. The second-order valence-corrected chi connectivity index (χ2v) is 7.06. The first-order valence-electron chi connectivity index (χ1n) is 8.27. The van der Waals surface area contributed by atoms with Crippen LogP contribution in [0.25, 0.3) is 0 Å². The number of guanidine groups is 1. The molecule has 24 heavy (non-hydrogen) atoms. The lowest BCUT2D eigenvalue weighted by Crippen LogP contribution is -2.69. The van der Waals surface area contributed by atoms with Crippen LogP contribution >= 0.6 is 24.0 Å². The van der Waals surface area contributed by atoms with Crippen LogP contribution in [0.4, 0.5) is 0 Å². The molecule has 1 saturated carbocycles. The molecule has 1 aliphatic carbocycles. The van der Waals surface area contributed by atoms with Crippen molar-refractivity contribution in [2.75, 3.05) is 13.7 Å². The highest BCUT2D eigenvalue weighted by atomic mass is 127. The first-order valence-corrected chi connectivity index (χ1v) is 8.27. The molecule has 0 amide bonds. The van der Waals surface area contributed by atoms with Crippen LogP contribution in [-0.4, -0.2) is 36.4 Å². The second kappa shape index (κ2) is 8.03. The van der Waals surface area contributed by atoms with Crippen LogP contribution in [-0.2, 0) is 11.3 Å². The van der Waals surface area contributed by atoms with Crippen molar-refractivity contribution in [3.05, 3.63) is 17.0 Å². The summed E-state index contributed by atoms with van der Waals surface area (Å²) < 4.78 is 10.9. The summed E-state index contributed by atoms with van der Waals surface area (Å²) in [5, 5.41) is 10.8. The Bertz CT molecular complexity index is 566. The van der Waals surface area contributed by atoms with Gasteiger partial charge in [-0.15, -0.1) is 24.0 Å². The molecule has 2 unspecified atom stereocenters. The molecule has 2 atom stereocenters. The smallest absolute Gasteiger partial charge is 0.191 e. The van der Waals surface area contributed by atoms with E-state index in [0.29, 0.717) is 12.6 Å². The zero-order valence-electron chi connectivity index (χ0n) is 15.8. The molecule has 2 N–H and O–H groups in total. The summed E-state index contributed by atoms with van der Waals surface area (Å²) >= 11 is 0. The molecule has 0 radical (unpaired) electrons. The third-order valence-corrected chi connectivity index (χ3v) is 5.51. The number of rotatable bonds is 5. The van der Waals surface area contributed by atoms with Gasteiger partial charge in [-0.2, -0.15) is 0 Å². The van der Waals surface area contributed by atoms with Crippen LogP contribution in [0.1, 0.15) is 51.1 Å². The fraction of sp³-hybridized carbons (Fsp3) is 0.765. The SMILES string of the molecule is CCNC(=NCc1c(C)noc1C)NC1CC(C)(OC)C1(C)C.I. The lowest BCUT2D eigenvalue weighted by atomic mass is 9.56. The van der Waals surface area contributed by atoms with Crippen LogP contribution in [0.2, 0.25) is 0 Å². The van der Waals surface area contributed by atoms with Gasteiger partial charge < -0.3 is 19.9 Å². The van der Waals surface area contributed by atoms with E-state index in [1.165, 1.54) is 0 Å². The summed E-state index contributed by atoms with van der Waals surface area (Å²) in [5.74, 6) is 1.65. The van der Waals surface area contributed by atoms with Gasteiger partial charge in [0.25, 0.3) is 0 Å². The molecule has 0 aromatic carbocycles. The number of methoxy groups -OCH3 is 1. The summed E-state index contributed by atoms with van der Waals surface area (Å²) in [7, 11) is 1.79. The Labute approximate surface area is 162 Å². The Hall–Kier alpha value is -0.830. The maximum Gasteiger partial charge on any atom is 0.191 e.